The van der Waals surface area contributed by atoms with Crippen molar-refractivity contribution in [3.05, 3.63) is 59.4 Å². The van der Waals surface area contributed by atoms with Crippen LogP contribution in [-0.4, -0.2) is 31.5 Å². The van der Waals surface area contributed by atoms with E-state index < -0.39 is 17.6 Å². The van der Waals surface area contributed by atoms with Gasteiger partial charge in [-0.15, -0.1) is 0 Å². The molecule has 2 aliphatic rings. The molecule has 31 heavy (non-hydrogen) atoms. The Hall–Kier alpha value is -3.14. The number of aromatic nitrogens is 1. The molecule has 1 aromatic carbocycles. The molecule has 0 bridgehead atoms. The van der Waals surface area contributed by atoms with Crippen LogP contribution in [0.25, 0.3) is 11.8 Å². The molecule has 160 valence electrons. The lowest BCUT2D eigenvalue weighted by Crippen LogP contribution is -2.35. The number of hydrogen-bond donors (Lipinski definition) is 1. The van der Waals surface area contributed by atoms with Crippen LogP contribution in [0.5, 0.6) is 0 Å². The third-order valence-corrected chi connectivity index (χ3v) is 5.53. The molecular weight excluding hydrogens is 427 g/mol. The number of alkyl halides is 3. The molecule has 1 N–H and O–H groups in total. The van der Waals surface area contributed by atoms with Crippen LogP contribution in [0.1, 0.15) is 31.5 Å². The summed E-state index contributed by atoms with van der Waals surface area (Å²) in [6.07, 6.45) is -0.712. The number of nitrogens with one attached hydrogen (secondary N) is 1. The highest BCUT2D eigenvalue weighted by Gasteiger charge is 2.36. The van der Waals surface area contributed by atoms with Crippen LogP contribution in [0, 0.1) is 11.3 Å². The van der Waals surface area contributed by atoms with Gasteiger partial charge in [-0.2, -0.15) is 28.3 Å². The van der Waals surface area contributed by atoms with E-state index in [9.17, 15) is 18.0 Å². The number of hydrogen-bond acceptors (Lipinski definition) is 4. The Morgan fingerprint density at radius 3 is 2.71 bits per heavy atom. The molecule has 0 aliphatic carbocycles. The number of amidine groups is 2. The molecule has 6 nitrogen and oxygen atoms in total. The van der Waals surface area contributed by atoms with Crippen molar-refractivity contribution in [1.82, 2.24) is 9.58 Å². The molecule has 0 unspecified atom stereocenters. The van der Waals surface area contributed by atoms with Crippen molar-refractivity contribution in [3.8, 4) is 5.69 Å². The van der Waals surface area contributed by atoms with Crippen LogP contribution in [-0.2, 0) is 11.0 Å². The molecule has 0 saturated heterocycles. The Balaban J connectivity index is 1.69. The molecule has 2 aromatic rings. The molecule has 0 saturated carbocycles. The summed E-state index contributed by atoms with van der Waals surface area (Å²) in [4.78, 5) is 16.6. The van der Waals surface area contributed by atoms with Gasteiger partial charge in [-0.1, -0.05) is 19.9 Å². The van der Waals surface area contributed by atoms with Crippen LogP contribution >= 0.6 is 11.8 Å². The number of carbonyl (C=O) groups is 1. The number of aliphatic imine (C=N–C) groups is 1. The average molecular weight is 445 g/mol. The first-order chi connectivity index (χ1) is 14.6. The molecule has 0 fully saturated rings. The summed E-state index contributed by atoms with van der Waals surface area (Å²) in [7, 11) is 0. The highest BCUT2D eigenvalue weighted by Crippen LogP contribution is 2.32. The third kappa shape index (κ3) is 4.20. The van der Waals surface area contributed by atoms with E-state index in [1.54, 1.807) is 24.4 Å². The van der Waals surface area contributed by atoms with E-state index in [-0.39, 0.29) is 11.4 Å². The van der Waals surface area contributed by atoms with Gasteiger partial charge in [-0.25, -0.2) is 0 Å². The molecule has 0 spiro atoms. The highest BCUT2D eigenvalue weighted by molar-refractivity contribution is 8.26. The second-order valence-corrected chi connectivity index (χ2v) is 8.50. The number of hydrazone groups is 1. The minimum atomic E-state index is -4.46. The van der Waals surface area contributed by atoms with Crippen molar-refractivity contribution in [2.24, 2.45) is 16.0 Å². The maximum absolute atomic E-state index is 13.1. The van der Waals surface area contributed by atoms with Gasteiger partial charge in [-0.3, -0.25) is 10.2 Å². The normalized spacial score (nSPS) is 18.0. The molecule has 3 heterocycles. The fraction of sp³-hybridized carbons (Fsp3) is 0.238. The molecular formula is C21H18F3N5OS. The summed E-state index contributed by atoms with van der Waals surface area (Å²) < 4.78 is 40.8. The summed E-state index contributed by atoms with van der Waals surface area (Å²) in [5.74, 6) is -0.330. The molecule has 2 aliphatic heterocycles. The monoisotopic (exact) mass is 445 g/mol. The van der Waals surface area contributed by atoms with Crippen molar-refractivity contribution in [3.63, 3.8) is 0 Å². The first-order valence-electron chi connectivity index (χ1n) is 9.47. The molecule has 0 atom stereocenters. The van der Waals surface area contributed by atoms with Crippen LogP contribution < -0.4 is 0 Å². The summed E-state index contributed by atoms with van der Waals surface area (Å²) >= 11 is 1.27. The second-order valence-electron chi connectivity index (χ2n) is 7.46. The van der Waals surface area contributed by atoms with Crippen LogP contribution in [0.4, 0.5) is 13.2 Å². The van der Waals surface area contributed by atoms with E-state index in [0.29, 0.717) is 28.9 Å². The summed E-state index contributed by atoms with van der Waals surface area (Å²) in [5.41, 5.74) is -0.0103. The van der Waals surface area contributed by atoms with Crippen molar-refractivity contribution in [2.75, 3.05) is 0 Å². The predicted octanol–water partition coefficient (Wildman–Crippen LogP) is 5.16. The van der Waals surface area contributed by atoms with Crippen molar-refractivity contribution in [2.45, 2.75) is 26.4 Å². The topological polar surface area (TPSA) is 73.8 Å². The van der Waals surface area contributed by atoms with Gasteiger partial charge in [0.1, 0.15) is 5.04 Å². The van der Waals surface area contributed by atoms with Gasteiger partial charge in [0.05, 0.1) is 11.1 Å². The maximum atomic E-state index is 13.1. The van der Waals surface area contributed by atoms with Crippen molar-refractivity contribution >= 4 is 39.8 Å². The fourth-order valence-corrected chi connectivity index (χ4v) is 4.29. The zero-order chi connectivity index (χ0) is 22.3. The largest absolute Gasteiger partial charge is 0.416 e. The average Bonchev–Trinajstić information content (AvgIpc) is 3.31. The van der Waals surface area contributed by atoms with E-state index in [1.165, 1.54) is 33.5 Å². The number of carbonyl (C=O) groups excluding carboxylic acids is 1. The highest BCUT2D eigenvalue weighted by atomic mass is 32.2. The summed E-state index contributed by atoms with van der Waals surface area (Å²) in [5, 5.41) is 15.3. The van der Waals surface area contributed by atoms with Crippen LogP contribution in [0.2, 0.25) is 0 Å². The van der Waals surface area contributed by atoms with Crippen LogP contribution in [0.15, 0.2) is 58.3 Å². The number of amides is 1. The van der Waals surface area contributed by atoms with Gasteiger partial charge in [0, 0.05) is 24.0 Å². The SMILES string of the molecule is CC(C)CC1=NN2C(=N)/C(=C/c3cccn3-c3cccc(C(F)(F)F)c3)C(=O)N=C2S1. The van der Waals surface area contributed by atoms with Gasteiger partial charge in [0.2, 0.25) is 5.17 Å². The van der Waals surface area contributed by atoms with Crippen molar-refractivity contribution < 1.29 is 18.0 Å². The summed E-state index contributed by atoms with van der Waals surface area (Å²) in [6, 6.07) is 8.21. The molecule has 4 rings (SSSR count). The zero-order valence-electron chi connectivity index (χ0n) is 16.6. The van der Waals surface area contributed by atoms with Gasteiger partial charge < -0.3 is 4.57 Å². The minimum absolute atomic E-state index is 0.0193. The Kier molecular flexibility index (Phi) is 5.34. The van der Waals surface area contributed by atoms with E-state index in [4.69, 9.17) is 5.41 Å². The smallest absolute Gasteiger partial charge is 0.317 e. The minimum Gasteiger partial charge on any atom is -0.317 e. The lowest BCUT2D eigenvalue weighted by Gasteiger charge is -2.20. The number of fused-ring (bicyclic) bond motifs is 1. The number of benzene rings is 1. The first-order valence-corrected chi connectivity index (χ1v) is 10.3. The molecule has 1 amide bonds. The van der Waals surface area contributed by atoms with Gasteiger partial charge in [0.15, 0.2) is 5.84 Å². The quantitative estimate of drug-likeness (QED) is 0.661. The predicted molar refractivity (Wildman–Crippen MR) is 115 cm³/mol. The fourth-order valence-electron chi connectivity index (χ4n) is 3.19. The number of thioether (sulfide) groups is 1. The zero-order valence-corrected chi connectivity index (χ0v) is 17.5. The lowest BCUT2D eigenvalue weighted by atomic mass is 10.1. The lowest BCUT2D eigenvalue weighted by molar-refractivity contribution is -0.137. The van der Waals surface area contributed by atoms with E-state index in [1.807, 2.05) is 13.8 Å². The standard InChI is InChI=1S/C21H18F3N5OS/c1-12(2)9-17-27-29-18(25)16(19(30)26-20(29)31-17)11-15-7-4-8-28(15)14-6-3-5-13(10-14)21(22,23)24/h3-8,10-12,25H,9H2,1-2H3/b16-11-,25-18?. The molecule has 0 radical (unpaired) electrons. The number of nitrogens with zero attached hydrogens (tertiary/aromatic N) is 4. The van der Waals surface area contributed by atoms with E-state index in [0.717, 1.165) is 17.2 Å². The Morgan fingerprint density at radius 2 is 2.00 bits per heavy atom. The van der Waals surface area contributed by atoms with Gasteiger partial charge in [0.25, 0.3) is 5.91 Å². The number of rotatable bonds is 4. The number of halogens is 3. The first kappa shape index (κ1) is 21.1. The van der Waals surface area contributed by atoms with Gasteiger partial charge >= 0.3 is 6.18 Å². The third-order valence-electron chi connectivity index (χ3n) is 4.60. The van der Waals surface area contributed by atoms with E-state index in [2.05, 4.69) is 10.1 Å². The summed E-state index contributed by atoms with van der Waals surface area (Å²) in [6.45, 7) is 4.10. The van der Waals surface area contributed by atoms with Gasteiger partial charge in [-0.05, 0) is 54.1 Å². The Labute approximate surface area is 180 Å². The maximum Gasteiger partial charge on any atom is 0.416 e. The second kappa shape index (κ2) is 7.84. The van der Waals surface area contributed by atoms with Crippen LogP contribution in [0.3, 0.4) is 0 Å². The Morgan fingerprint density at radius 1 is 1.23 bits per heavy atom. The Bertz CT molecular complexity index is 1160. The molecule has 1 aromatic heterocycles. The van der Waals surface area contributed by atoms with Crippen molar-refractivity contribution in [1.29, 1.82) is 5.41 Å². The van der Waals surface area contributed by atoms with E-state index >= 15 is 0 Å². The molecule has 10 heteroatoms.